The monoisotopic (exact) mass is 297 g/mol. The molecule has 0 fully saturated rings. The molecule has 0 saturated heterocycles. The fourth-order valence-corrected chi connectivity index (χ4v) is 2.14. The van der Waals surface area contributed by atoms with Crippen LogP contribution in [0.25, 0.3) is 5.69 Å². The van der Waals surface area contributed by atoms with Crippen molar-refractivity contribution >= 4 is 5.97 Å². The third-order valence-electron chi connectivity index (χ3n) is 3.32. The van der Waals surface area contributed by atoms with Crippen molar-refractivity contribution in [3.05, 3.63) is 57.0 Å². The smallest absolute Gasteiger partial charge is 0.358 e. The maximum atomic E-state index is 12.5. The summed E-state index contributed by atoms with van der Waals surface area (Å²) < 4.78 is 5.76. The number of hydrogen-bond acceptors (Lipinski definition) is 5. The molecule has 0 amide bonds. The fourth-order valence-electron chi connectivity index (χ4n) is 2.14. The number of methoxy groups -OCH3 is 1. The predicted octanol–water partition coefficient (Wildman–Crippen LogP) is 1.76. The van der Waals surface area contributed by atoms with E-state index in [1.54, 1.807) is 19.1 Å². The molecule has 1 aromatic carbocycles. The van der Waals surface area contributed by atoms with Crippen molar-refractivity contribution in [1.82, 2.24) is 9.78 Å². The Morgan fingerprint density at radius 1 is 1.36 bits per heavy atom. The Morgan fingerprint density at radius 3 is 2.50 bits per heavy atom. The van der Waals surface area contributed by atoms with E-state index in [1.807, 2.05) is 25.1 Å². The van der Waals surface area contributed by atoms with Crippen molar-refractivity contribution in [2.75, 3.05) is 7.11 Å². The standard InChI is InChI=1S/C16H15N3O3/c1-4-12-13(9-17)15(20)19(18-14(12)16(21)22-3)11-7-5-10(2)6-8-11/h5-8H,4H2,1-3H3. The first-order valence-electron chi connectivity index (χ1n) is 6.75. The second-order valence-electron chi connectivity index (χ2n) is 4.71. The predicted molar refractivity (Wildman–Crippen MR) is 80.0 cm³/mol. The van der Waals surface area contributed by atoms with Gasteiger partial charge in [0, 0.05) is 5.56 Å². The Kier molecular flexibility index (Phi) is 4.37. The lowest BCUT2D eigenvalue weighted by molar-refractivity contribution is 0.0590. The van der Waals surface area contributed by atoms with E-state index in [4.69, 9.17) is 4.74 Å². The Morgan fingerprint density at radius 2 is 2.00 bits per heavy atom. The molecule has 2 rings (SSSR count). The van der Waals surface area contributed by atoms with Gasteiger partial charge in [0.15, 0.2) is 5.69 Å². The van der Waals surface area contributed by atoms with Gasteiger partial charge in [0.05, 0.1) is 12.8 Å². The number of rotatable bonds is 3. The highest BCUT2D eigenvalue weighted by molar-refractivity contribution is 5.89. The molecule has 0 spiro atoms. The summed E-state index contributed by atoms with van der Waals surface area (Å²) in [5.74, 6) is -0.672. The van der Waals surface area contributed by atoms with E-state index in [9.17, 15) is 14.9 Å². The molecule has 2 aromatic rings. The van der Waals surface area contributed by atoms with Crippen LogP contribution in [0.4, 0.5) is 0 Å². The number of nitriles is 1. The maximum absolute atomic E-state index is 12.5. The molecule has 0 unspecified atom stereocenters. The number of benzene rings is 1. The lowest BCUT2D eigenvalue weighted by atomic mass is 10.1. The highest BCUT2D eigenvalue weighted by atomic mass is 16.5. The first kappa shape index (κ1) is 15.4. The van der Waals surface area contributed by atoms with Crippen LogP contribution in [0, 0.1) is 18.3 Å². The average molecular weight is 297 g/mol. The number of aromatic nitrogens is 2. The Balaban J connectivity index is 2.81. The lowest BCUT2D eigenvalue weighted by Crippen LogP contribution is -2.29. The van der Waals surface area contributed by atoms with Gasteiger partial charge in [-0.05, 0) is 25.5 Å². The van der Waals surface area contributed by atoms with E-state index in [-0.39, 0.29) is 11.3 Å². The number of ether oxygens (including phenoxy) is 1. The van der Waals surface area contributed by atoms with Gasteiger partial charge < -0.3 is 4.74 Å². The first-order chi connectivity index (χ1) is 10.5. The van der Waals surface area contributed by atoms with Gasteiger partial charge in [-0.1, -0.05) is 24.6 Å². The molecule has 0 bridgehead atoms. The Labute approximate surface area is 127 Å². The zero-order chi connectivity index (χ0) is 16.3. The minimum atomic E-state index is -0.672. The van der Waals surface area contributed by atoms with Crippen LogP contribution in [0.1, 0.15) is 34.1 Å². The molecule has 0 atom stereocenters. The van der Waals surface area contributed by atoms with Crippen molar-refractivity contribution in [2.24, 2.45) is 0 Å². The number of nitrogens with zero attached hydrogens (tertiary/aromatic N) is 3. The van der Waals surface area contributed by atoms with Gasteiger partial charge in [-0.2, -0.15) is 15.0 Å². The highest BCUT2D eigenvalue weighted by Gasteiger charge is 2.22. The quantitative estimate of drug-likeness (QED) is 0.806. The van der Waals surface area contributed by atoms with E-state index >= 15 is 0 Å². The summed E-state index contributed by atoms with van der Waals surface area (Å²) in [5, 5.41) is 13.4. The van der Waals surface area contributed by atoms with E-state index < -0.39 is 11.5 Å². The van der Waals surface area contributed by atoms with Gasteiger partial charge in [0.1, 0.15) is 11.6 Å². The third-order valence-corrected chi connectivity index (χ3v) is 3.32. The summed E-state index contributed by atoms with van der Waals surface area (Å²) >= 11 is 0. The SMILES string of the molecule is CCc1c(C(=O)OC)nn(-c2ccc(C)cc2)c(=O)c1C#N. The second kappa shape index (κ2) is 6.22. The van der Waals surface area contributed by atoms with E-state index in [0.29, 0.717) is 17.7 Å². The van der Waals surface area contributed by atoms with Gasteiger partial charge in [0.2, 0.25) is 0 Å². The summed E-state index contributed by atoms with van der Waals surface area (Å²) in [6, 6.07) is 8.93. The van der Waals surface area contributed by atoms with Crippen molar-refractivity contribution in [2.45, 2.75) is 20.3 Å². The number of carbonyl (C=O) groups is 1. The summed E-state index contributed by atoms with van der Waals surface area (Å²) in [6.45, 7) is 3.67. The molecule has 1 aromatic heterocycles. The van der Waals surface area contributed by atoms with Crippen LogP contribution < -0.4 is 5.56 Å². The number of esters is 1. The van der Waals surface area contributed by atoms with Crippen LogP contribution in [0.15, 0.2) is 29.1 Å². The first-order valence-corrected chi connectivity index (χ1v) is 6.75. The molecule has 0 aliphatic heterocycles. The molecular formula is C16H15N3O3. The molecule has 0 radical (unpaired) electrons. The molecule has 0 N–H and O–H groups in total. The minimum Gasteiger partial charge on any atom is -0.464 e. The molecule has 6 heteroatoms. The topological polar surface area (TPSA) is 85.0 Å². The van der Waals surface area contributed by atoms with Crippen LogP contribution in [0.5, 0.6) is 0 Å². The maximum Gasteiger partial charge on any atom is 0.358 e. The molecule has 1 heterocycles. The van der Waals surface area contributed by atoms with Gasteiger partial charge >= 0.3 is 5.97 Å². The summed E-state index contributed by atoms with van der Waals surface area (Å²) in [5.41, 5.74) is 1.18. The molecule has 22 heavy (non-hydrogen) atoms. The van der Waals surface area contributed by atoms with Crippen LogP contribution in [-0.2, 0) is 11.2 Å². The van der Waals surface area contributed by atoms with Crippen LogP contribution in [0.3, 0.4) is 0 Å². The third kappa shape index (κ3) is 2.61. The molecular weight excluding hydrogens is 282 g/mol. The lowest BCUT2D eigenvalue weighted by Gasteiger charge is -2.11. The van der Waals surface area contributed by atoms with Crippen LogP contribution >= 0.6 is 0 Å². The highest BCUT2D eigenvalue weighted by Crippen LogP contribution is 2.13. The zero-order valence-electron chi connectivity index (χ0n) is 12.6. The largest absolute Gasteiger partial charge is 0.464 e. The summed E-state index contributed by atoms with van der Waals surface area (Å²) in [7, 11) is 1.23. The fraction of sp³-hybridized carbons (Fsp3) is 0.250. The Bertz CT molecular complexity index is 814. The molecule has 0 aliphatic rings. The number of hydrogen-bond donors (Lipinski definition) is 0. The van der Waals surface area contributed by atoms with Gasteiger partial charge in [-0.3, -0.25) is 4.79 Å². The minimum absolute atomic E-state index is 0.0123. The molecule has 0 saturated carbocycles. The molecule has 112 valence electrons. The summed E-state index contributed by atoms with van der Waals surface area (Å²) in [6.07, 6.45) is 0.338. The summed E-state index contributed by atoms with van der Waals surface area (Å²) in [4.78, 5) is 24.4. The van der Waals surface area contributed by atoms with Crippen molar-refractivity contribution in [3.8, 4) is 11.8 Å². The number of aryl methyl sites for hydroxylation is 1. The van der Waals surface area contributed by atoms with E-state index in [2.05, 4.69) is 5.10 Å². The van der Waals surface area contributed by atoms with Crippen molar-refractivity contribution < 1.29 is 9.53 Å². The van der Waals surface area contributed by atoms with Gasteiger partial charge in [-0.15, -0.1) is 0 Å². The van der Waals surface area contributed by atoms with E-state index in [1.165, 1.54) is 7.11 Å². The van der Waals surface area contributed by atoms with Gasteiger partial charge in [-0.25, -0.2) is 4.79 Å². The second-order valence-corrected chi connectivity index (χ2v) is 4.71. The molecule has 0 aliphatic carbocycles. The molecule has 6 nitrogen and oxygen atoms in total. The number of carbonyl (C=O) groups excluding carboxylic acids is 1. The Hall–Kier alpha value is -2.94. The normalized spacial score (nSPS) is 10.1. The van der Waals surface area contributed by atoms with E-state index in [0.717, 1.165) is 10.2 Å². The average Bonchev–Trinajstić information content (AvgIpc) is 2.54. The van der Waals surface area contributed by atoms with Crippen LogP contribution in [-0.4, -0.2) is 22.9 Å². The van der Waals surface area contributed by atoms with Gasteiger partial charge in [0.25, 0.3) is 5.56 Å². The van der Waals surface area contributed by atoms with Crippen LogP contribution in [0.2, 0.25) is 0 Å². The van der Waals surface area contributed by atoms with Crippen molar-refractivity contribution in [1.29, 1.82) is 5.26 Å². The zero-order valence-corrected chi connectivity index (χ0v) is 12.6. The van der Waals surface area contributed by atoms with Crippen molar-refractivity contribution in [3.63, 3.8) is 0 Å².